The zero-order chi connectivity index (χ0) is 10.1. The van der Waals surface area contributed by atoms with E-state index in [0.29, 0.717) is 11.1 Å². The summed E-state index contributed by atoms with van der Waals surface area (Å²) in [6, 6.07) is 4.89. The Hall–Kier alpha value is -0.450. The number of rotatable bonds is 1. The van der Waals surface area contributed by atoms with E-state index in [2.05, 4.69) is 15.9 Å². The van der Waals surface area contributed by atoms with Crippen molar-refractivity contribution in [2.24, 2.45) is 5.73 Å². The van der Waals surface area contributed by atoms with Crippen LogP contribution in [0.25, 0.3) is 0 Å². The molecular formula is C10H11BrFNO. The zero-order valence-electron chi connectivity index (χ0n) is 7.54. The molecule has 4 heteroatoms. The van der Waals surface area contributed by atoms with Crippen LogP contribution in [-0.2, 0) is 4.74 Å². The maximum Gasteiger partial charge on any atom is 0.137 e. The molecule has 1 aliphatic heterocycles. The van der Waals surface area contributed by atoms with Crippen molar-refractivity contribution in [1.82, 2.24) is 0 Å². The van der Waals surface area contributed by atoms with Gasteiger partial charge in [0.05, 0.1) is 10.6 Å². The molecule has 14 heavy (non-hydrogen) atoms. The predicted molar refractivity (Wildman–Crippen MR) is 55.4 cm³/mol. The lowest BCUT2D eigenvalue weighted by atomic mass is 10.0. The van der Waals surface area contributed by atoms with Gasteiger partial charge in [0.25, 0.3) is 0 Å². The summed E-state index contributed by atoms with van der Waals surface area (Å²) < 4.78 is 18.9. The van der Waals surface area contributed by atoms with E-state index in [0.717, 1.165) is 12.0 Å². The van der Waals surface area contributed by atoms with E-state index in [1.165, 1.54) is 6.07 Å². The second kappa shape index (κ2) is 3.96. The van der Waals surface area contributed by atoms with E-state index in [1.54, 1.807) is 12.1 Å². The molecule has 2 unspecified atom stereocenters. The van der Waals surface area contributed by atoms with Crippen LogP contribution >= 0.6 is 15.9 Å². The summed E-state index contributed by atoms with van der Waals surface area (Å²) >= 11 is 3.14. The minimum atomic E-state index is -0.264. The number of ether oxygens (including phenoxy) is 1. The molecule has 1 saturated heterocycles. The quantitative estimate of drug-likeness (QED) is 0.841. The largest absolute Gasteiger partial charge is 0.372 e. The topological polar surface area (TPSA) is 35.2 Å². The maximum atomic E-state index is 13.0. The number of nitrogens with two attached hydrogens (primary N) is 1. The van der Waals surface area contributed by atoms with Gasteiger partial charge in [-0.25, -0.2) is 4.39 Å². The molecular weight excluding hydrogens is 249 g/mol. The summed E-state index contributed by atoms with van der Waals surface area (Å²) in [5, 5.41) is 0. The molecule has 1 aromatic carbocycles. The molecule has 1 aliphatic rings. The van der Waals surface area contributed by atoms with Gasteiger partial charge < -0.3 is 10.5 Å². The van der Waals surface area contributed by atoms with Crippen LogP contribution in [0.4, 0.5) is 4.39 Å². The minimum Gasteiger partial charge on any atom is -0.372 e. The molecule has 0 spiro atoms. The summed E-state index contributed by atoms with van der Waals surface area (Å²) in [5.41, 5.74) is 6.80. The molecule has 0 bridgehead atoms. The lowest BCUT2D eigenvalue weighted by Gasteiger charge is -2.15. The van der Waals surface area contributed by atoms with Crippen molar-refractivity contribution in [2.75, 3.05) is 6.61 Å². The third-order valence-electron chi connectivity index (χ3n) is 2.41. The molecule has 0 saturated carbocycles. The molecule has 1 fully saturated rings. The second-order valence-corrected chi connectivity index (χ2v) is 4.27. The van der Waals surface area contributed by atoms with Crippen LogP contribution < -0.4 is 5.73 Å². The predicted octanol–water partition coefficient (Wildman–Crippen LogP) is 2.38. The van der Waals surface area contributed by atoms with E-state index in [-0.39, 0.29) is 18.0 Å². The fourth-order valence-electron chi connectivity index (χ4n) is 1.64. The SMILES string of the molecule is NC1CCOC1c1ccc(F)c(Br)c1. The molecule has 2 nitrogen and oxygen atoms in total. The summed E-state index contributed by atoms with van der Waals surface area (Å²) in [6.07, 6.45) is 0.770. The molecule has 2 rings (SSSR count). The van der Waals surface area contributed by atoms with Gasteiger partial charge in [-0.05, 0) is 40.0 Å². The highest BCUT2D eigenvalue weighted by molar-refractivity contribution is 9.10. The van der Waals surface area contributed by atoms with E-state index < -0.39 is 0 Å². The van der Waals surface area contributed by atoms with Gasteiger partial charge in [0, 0.05) is 12.6 Å². The molecule has 2 N–H and O–H groups in total. The van der Waals surface area contributed by atoms with Crippen molar-refractivity contribution in [3.05, 3.63) is 34.1 Å². The van der Waals surface area contributed by atoms with Gasteiger partial charge >= 0.3 is 0 Å². The Labute approximate surface area is 90.4 Å². The molecule has 1 heterocycles. The van der Waals surface area contributed by atoms with Crippen molar-refractivity contribution in [3.8, 4) is 0 Å². The van der Waals surface area contributed by atoms with Crippen molar-refractivity contribution < 1.29 is 9.13 Å². The highest BCUT2D eigenvalue weighted by atomic mass is 79.9. The van der Waals surface area contributed by atoms with Gasteiger partial charge in [-0.3, -0.25) is 0 Å². The summed E-state index contributed by atoms with van der Waals surface area (Å²) in [7, 11) is 0. The number of hydrogen-bond donors (Lipinski definition) is 1. The van der Waals surface area contributed by atoms with Crippen LogP contribution in [0.15, 0.2) is 22.7 Å². The smallest absolute Gasteiger partial charge is 0.137 e. The molecule has 0 amide bonds. The van der Waals surface area contributed by atoms with Crippen LogP contribution in [0.3, 0.4) is 0 Å². The Morgan fingerprint density at radius 3 is 2.86 bits per heavy atom. The van der Waals surface area contributed by atoms with Crippen molar-refractivity contribution in [1.29, 1.82) is 0 Å². The van der Waals surface area contributed by atoms with Crippen LogP contribution in [0.5, 0.6) is 0 Å². The summed E-state index contributed by atoms with van der Waals surface area (Å²) in [6.45, 7) is 0.681. The van der Waals surface area contributed by atoms with E-state index >= 15 is 0 Å². The second-order valence-electron chi connectivity index (χ2n) is 3.42. The van der Waals surface area contributed by atoms with Gasteiger partial charge in [0.15, 0.2) is 0 Å². The highest BCUT2D eigenvalue weighted by Crippen LogP contribution is 2.30. The normalized spacial score (nSPS) is 26.8. The Morgan fingerprint density at radius 1 is 1.50 bits per heavy atom. The maximum absolute atomic E-state index is 13.0. The van der Waals surface area contributed by atoms with Gasteiger partial charge in [0.1, 0.15) is 5.82 Å². The Kier molecular flexibility index (Phi) is 2.85. The standard InChI is InChI=1S/C10H11BrFNO/c11-7-5-6(1-2-8(7)12)10-9(13)3-4-14-10/h1-2,5,9-10H,3-4,13H2. The monoisotopic (exact) mass is 259 g/mol. The highest BCUT2D eigenvalue weighted by Gasteiger charge is 2.26. The zero-order valence-corrected chi connectivity index (χ0v) is 9.13. The Morgan fingerprint density at radius 2 is 2.29 bits per heavy atom. The first-order chi connectivity index (χ1) is 6.68. The first-order valence-electron chi connectivity index (χ1n) is 4.50. The van der Waals surface area contributed by atoms with Crippen molar-refractivity contribution >= 4 is 15.9 Å². The van der Waals surface area contributed by atoms with Crippen molar-refractivity contribution in [3.63, 3.8) is 0 Å². The first kappa shape index (κ1) is 10.1. The lowest BCUT2D eigenvalue weighted by molar-refractivity contribution is 0.105. The molecule has 0 aliphatic carbocycles. The van der Waals surface area contributed by atoms with Gasteiger partial charge in [-0.2, -0.15) is 0 Å². The Balaban J connectivity index is 2.28. The number of benzene rings is 1. The molecule has 2 atom stereocenters. The van der Waals surface area contributed by atoms with E-state index in [9.17, 15) is 4.39 Å². The van der Waals surface area contributed by atoms with Crippen LogP contribution in [-0.4, -0.2) is 12.6 Å². The average molecular weight is 260 g/mol. The fourth-order valence-corrected chi connectivity index (χ4v) is 2.04. The number of hydrogen-bond acceptors (Lipinski definition) is 2. The van der Waals surface area contributed by atoms with E-state index in [4.69, 9.17) is 10.5 Å². The van der Waals surface area contributed by atoms with Gasteiger partial charge in [-0.15, -0.1) is 0 Å². The van der Waals surface area contributed by atoms with Crippen LogP contribution in [0.2, 0.25) is 0 Å². The summed E-state index contributed by atoms with van der Waals surface area (Å²) in [5.74, 6) is -0.264. The van der Waals surface area contributed by atoms with Gasteiger partial charge in [-0.1, -0.05) is 6.07 Å². The molecule has 76 valence electrons. The first-order valence-corrected chi connectivity index (χ1v) is 5.30. The number of halogens is 2. The molecule has 1 aromatic rings. The molecule has 0 aromatic heterocycles. The molecule has 0 radical (unpaired) electrons. The van der Waals surface area contributed by atoms with E-state index in [1.807, 2.05) is 0 Å². The van der Waals surface area contributed by atoms with Crippen LogP contribution in [0.1, 0.15) is 18.1 Å². The average Bonchev–Trinajstić information content (AvgIpc) is 2.57. The fraction of sp³-hybridized carbons (Fsp3) is 0.400. The van der Waals surface area contributed by atoms with Crippen molar-refractivity contribution in [2.45, 2.75) is 18.6 Å². The minimum absolute atomic E-state index is 0.0207. The third kappa shape index (κ3) is 1.82. The van der Waals surface area contributed by atoms with Crippen LogP contribution in [0, 0.1) is 5.82 Å². The Bertz CT molecular complexity index is 345. The lowest BCUT2D eigenvalue weighted by Crippen LogP contribution is -2.23. The third-order valence-corrected chi connectivity index (χ3v) is 3.02. The summed E-state index contributed by atoms with van der Waals surface area (Å²) in [4.78, 5) is 0. The van der Waals surface area contributed by atoms with Gasteiger partial charge in [0.2, 0.25) is 0 Å².